The van der Waals surface area contributed by atoms with Crippen molar-refractivity contribution in [2.75, 3.05) is 107 Å². The molecule has 6 N–H and O–H groups in total. The van der Waals surface area contributed by atoms with E-state index in [4.69, 9.17) is 0 Å². The van der Waals surface area contributed by atoms with Gasteiger partial charge in [0.05, 0.1) is 52.0 Å². The molecule has 0 bridgehead atoms. The molecular formula is C59H83F2N13O5S. The van der Waals surface area contributed by atoms with Crippen molar-refractivity contribution in [3.63, 3.8) is 0 Å². The Morgan fingerprint density at radius 1 is 0.887 bits per heavy atom. The van der Waals surface area contributed by atoms with E-state index in [-0.39, 0.29) is 54.4 Å². The number of aromatic nitrogens is 3. The Hall–Kier alpha value is -5.42. The van der Waals surface area contributed by atoms with Crippen LogP contribution in [0.1, 0.15) is 96.5 Å². The summed E-state index contributed by atoms with van der Waals surface area (Å²) in [5.74, 6) is 0.630. The maximum Gasteiger partial charge on any atom is 0.243 e. The van der Waals surface area contributed by atoms with Crippen LogP contribution in [0.15, 0.2) is 54.3 Å². The zero-order chi connectivity index (χ0) is 56.7. The lowest BCUT2D eigenvalue weighted by Gasteiger charge is -2.48. The Balaban J connectivity index is 0.655. The number of thiazole rings is 1. The number of rotatable bonds is 17. The van der Waals surface area contributed by atoms with Crippen molar-refractivity contribution in [2.24, 2.45) is 22.7 Å². The number of β-amino-alcohol motifs (C(OH)–C–C–N with tert-alkyl or cyclic N) is 2. The monoisotopic (exact) mass is 1120 g/mol. The minimum atomic E-state index is -0.990. The van der Waals surface area contributed by atoms with Gasteiger partial charge in [-0.15, -0.1) is 11.3 Å². The molecule has 0 radical (unpaired) electrons. The number of amides is 3. The first-order valence-electron chi connectivity index (χ1n) is 28.8. The van der Waals surface area contributed by atoms with E-state index in [9.17, 15) is 24.6 Å². The number of aliphatic hydroxyl groups excluding tert-OH is 2. The van der Waals surface area contributed by atoms with Gasteiger partial charge in [-0.1, -0.05) is 58.9 Å². The number of carbonyl (C=O) groups excluding carboxylic acids is 3. The number of piperazine rings is 1. The summed E-state index contributed by atoms with van der Waals surface area (Å²) in [6.45, 7) is 23.4. The molecule has 3 amide bonds. The molecule has 80 heavy (non-hydrogen) atoms. The van der Waals surface area contributed by atoms with Gasteiger partial charge in [0.1, 0.15) is 41.9 Å². The number of hydrogen-bond donors (Lipinski definition) is 6. The highest BCUT2D eigenvalue weighted by atomic mass is 32.1. The number of hydrogen-bond acceptors (Lipinski definition) is 16. The van der Waals surface area contributed by atoms with Gasteiger partial charge in [-0.3, -0.25) is 29.5 Å². The Bertz CT molecular complexity index is 2820. The van der Waals surface area contributed by atoms with E-state index >= 15 is 8.78 Å². The van der Waals surface area contributed by atoms with Gasteiger partial charge in [0, 0.05) is 103 Å². The molecule has 6 aliphatic heterocycles. The number of aryl methyl sites for hydroxylation is 1. The summed E-state index contributed by atoms with van der Waals surface area (Å²) in [5.41, 5.74) is 4.34. The van der Waals surface area contributed by atoms with E-state index in [1.165, 1.54) is 17.0 Å². The van der Waals surface area contributed by atoms with Crippen LogP contribution in [0.25, 0.3) is 10.4 Å². The van der Waals surface area contributed by atoms with Gasteiger partial charge >= 0.3 is 0 Å². The first-order chi connectivity index (χ1) is 38.1. The quantitative estimate of drug-likeness (QED) is 0.0753. The largest absolute Gasteiger partial charge is 0.391 e. The number of nitrogens with one attached hydrogen (secondary N) is 4. The van der Waals surface area contributed by atoms with Gasteiger partial charge in [0.2, 0.25) is 17.7 Å². The summed E-state index contributed by atoms with van der Waals surface area (Å²) in [7, 11) is 0. The predicted octanol–water partition coefficient (Wildman–Crippen LogP) is 5.22. The van der Waals surface area contributed by atoms with Crippen molar-refractivity contribution in [3.8, 4) is 10.4 Å². The number of anilines is 3. The van der Waals surface area contributed by atoms with Crippen LogP contribution in [0.2, 0.25) is 0 Å². The number of aliphatic hydroxyl groups is 2. The molecular weight excluding hydrogens is 1040 g/mol. The van der Waals surface area contributed by atoms with Gasteiger partial charge in [-0.25, -0.2) is 23.7 Å². The zero-order valence-electron chi connectivity index (χ0n) is 47.7. The third-order valence-electron chi connectivity index (χ3n) is 17.9. The molecule has 10 rings (SSSR count). The van der Waals surface area contributed by atoms with E-state index < -0.39 is 47.0 Å². The number of likely N-dealkylation sites (tertiary alicyclic amines) is 4. The van der Waals surface area contributed by atoms with E-state index in [0.717, 1.165) is 92.0 Å². The summed E-state index contributed by atoms with van der Waals surface area (Å²) in [4.78, 5) is 68.2. The smallest absolute Gasteiger partial charge is 0.243 e. The third-order valence-corrected chi connectivity index (χ3v) is 18.9. The molecule has 6 fully saturated rings. The fourth-order valence-electron chi connectivity index (χ4n) is 13.1. The van der Waals surface area contributed by atoms with Gasteiger partial charge in [-0.05, 0) is 92.5 Å². The minimum Gasteiger partial charge on any atom is -0.391 e. The van der Waals surface area contributed by atoms with Gasteiger partial charge < -0.3 is 45.8 Å². The highest BCUT2D eigenvalue weighted by Gasteiger charge is 2.47. The second kappa shape index (κ2) is 23.8. The number of fused-ring (bicyclic) bond motifs is 1. The molecule has 0 aliphatic carbocycles. The molecule has 1 spiro atoms. The molecule has 7 atom stereocenters. The van der Waals surface area contributed by atoms with Gasteiger partial charge in [0.25, 0.3) is 0 Å². The van der Waals surface area contributed by atoms with Crippen LogP contribution in [0.4, 0.5) is 26.1 Å². The molecule has 2 aromatic carbocycles. The number of halogens is 2. The number of benzene rings is 2. The first-order valence-corrected chi connectivity index (χ1v) is 29.7. The molecule has 4 aromatic rings. The lowest BCUT2D eigenvalue weighted by molar-refractivity contribution is -0.143. The van der Waals surface area contributed by atoms with Crippen LogP contribution in [0.5, 0.6) is 0 Å². The summed E-state index contributed by atoms with van der Waals surface area (Å²) in [6, 6.07) is 10.6. The average Bonchev–Trinajstić information content (AvgIpc) is 4.22. The molecule has 6 saturated heterocycles. The SMILES string of the molecule is Cc1ncsc1-c1ccc([C@H](C)NC(=O)[C@@H]2C[C@@H](O)CN2C(=O)[C@@H](NC(O)CN2C[C@H]3CN(CCNc4cc(N5CCC6(CC5)CN(c5cc(F)c(CN7CCC(C)(C)CC7)cc5F)CC(=O)N6)ncn4)C[C@H]3C2)C(C)(C)C)cc1. The second-order valence-corrected chi connectivity index (χ2v) is 26.5. The molecule has 21 heteroatoms. The van der Waals surface area contributed by atoms with Gasteiger partial charge in [-0.2, -0.15) is 0 Å². The molecule has 8 heterocycles. The van der Waals surface area contributed by atoms with E-state index in [0.29, 0.717) is 69.5 Å². The highest BCUT2D eigenvalue weighted by Crippen LogP contribution is 2.36. The van der Waals surface area contributed by atoms with Crippen molar-refractivity contribution in [3.05, 3.63) is 82.8 Å². The maximum atomic E-state index is 15.8. The molecule has 0 saturated carbocycles. The molecule has 434 valence electrons. The normalized spacial score (nSPS) is 24.7. The highest BCUT2D eigenvalue weighted by molar-refractivity contribution is 7.13. The van der Waals surface area contributed by atoms with Gasteiger partial charge in [0.15, 0.2) is 0 Å². The molecule has 18 nitrogen and oxygen atoms in total. The summed E-state index contributed by atoms with van der Waals surface area (Å²) in [5, 5.41) is 35.3. The fourth-order valence-corrected chi connectivity index (χ4v) is 13.9. The third kappa shape index (κ3) is 13.4. The Morgan fingerprint density at radius 3 is 2.26 bits per heavy atom. The van der Waals surface area contributed by atoms with Crippen molar-refractivity contribution in [2.45, 2.75) is 123 Å². The van der Waals surface area contributed by atoms with Crippen LogP contribution in [0.3, 0.4) is 0 Å². The predicted molar refractivity (Wildman–Crippen MR) is 307 cm³/mol. The maximum absolute atomic E-state index is 15.8. The minimum absolute atomic E-state index is 0.0305. The summed E-state index contributed by atoms with van der Waals surface area (Å²) < 4.78 is 31.4. The van der Waals surface area contributed by atoms with Crippen molar-refractivity contribution in [1.29, 1.82) is 0 Å². The van der Waals surface area contributed by atoms with E-state index in [1.807, 2.05) is 70.5 Å². The summed E-state index contributed by atoms with van der Waals surface area (Å²) in [6.07, 6.45) is 3.15. The Kier molecular flexibility index (Phi) is 17.2. The fraction of sp³-hybridized carbons (Fsp3) is 0.627. The van der Waals surface area contributed by atoms with Crippen molar-refractivity contribution in [1.82, 2.24) is 50.5 Å². The van der Waals surface area contributed by atoms with Crippen LogP contribution < -0.4 is 31.1 Å². The number of piperidine rings is 2. The van der Waals surface area contributed by atoms with Crippen molar-refractivity contribution < 1.29 is 33.4 Å². The lowest BCUT2D eigenvalue weighted by atomic mass is 9.82. The van der Waals surface area contributed by atoms with Crippen molar-refractivity contribution >= 4 is 46.4 Å². The second-order valence-electron chi connectivity index (χ2n) is 25.7. The van der Waals surface area contributed by atoms with Crippen LogP contribution >= 0.6 is 11.3 Å². The van der Waals surface area contributed by atoms with Crippen LogP contribution in [-0.4, -0.2) is 184 Å². The number of carbonyl (C=O) groups is 3. The zero-order valence-corrected chi connectivity index (χ0v) is 48.5. The molecule has 2 aromatic heterocycles. The molecule has 1 unspecified atom stereocenters. The summed E-state index contributed by atoms with van der Waals surface area (Å²) >= 11 is 1.59. The average molecular weight is 1120 g/mol. The van der Waals surface area contributed by atoms with E-state index in [2.05, 4.69) is 69.7 Å². The Labute approximate surface area is 474 Å². The lowest BCUT2D eigenvalue weighted by Crippen LogP contribution is -2.66. The standard InChI is InChI=1S/C59H83F2N13O5S/c1-37(39-8-10-40(11-9-39)53-38(2)65-36-80-53)66-55(78)48-23-44(75)31-74(48)56(79)54(57(3,4)5)67-51(76)32-71-29-42-27-70(28-43(42)30-71)21-16-62-49-25-50(64-35-63-49)72-19-14-59(15-20-72)34-73(33-52(77)68-59)47-24-45(60)41(22-46(47)61)26-69-17-12-58(6,7)13-18-69/h8-11,22,24-25,35-37,42-44,48,51,54,67,75-76H,12-21,23,26-34H2,1-7H3,(H,66,78)(H,68,77)(H,62,63,64)/t37-,42-,43+,44+,48-,51?,54+/m0/s1. The van der Waals surface area contributed by atoms with E-state index in [1.54, 1.807) is 22.6 Å². The first kappa shape index (κ1) is 57.8. The van der Waals surface area contributed by atoms with Crippen LogP contribution in [-0.2, 0) is 20.9 Å². The van der Waals surface area contributed by atoms with Crippen LogP contribution in [0, 0.1) is 41.2 Å². The topological polar surface area (TPSA) is 198 Å². The number of nitrogens with zero attached hydrogens (tertiary/aromatic N) is 9. The Morgan fingerprint density at radius 2 is 1.59 bits per heavy atom. The molecule has 6 aliphatic rings.